The Bertz CT molecular complexity index is 901. The molecule has 1 fully saturated rings. The lowest BCUT2D eigenvalue weighted by Gasteiger charge is -2.22. The van der Waals surface area contributed by atoms with Crippen LogP contribution in [0.1, 0.15) is 18.9 Å². The summed E-state index contributed by atoms with van der Waals surface area (Å²) in [5.74, 6) is -3.18. The van der Waals surface area contributed by atoms with Crippen LogP contribution in [0.5, 0.6) is 0 Å². The van der Waals surface area contributed by atoms with E-state index in [1.54, 1.807) is 25.1 Å². The normalized spacial score (nSPS) is 21.8. The average molecular weight is 405 g/mol. The predicted molar refractivity (Wildman–Crippen MR) is 105 cm³/mol. The molecule has 1 aliphatic heterocycles. The second-order valence-corrected chi connectivity index (χ2v) is 7.48. The van der Waals surface area contributed by atoms with Gasteiger partial charge < -0.3 is 10.6 Å². The van der Waals surface area contributed by atoms with Crippen LogP contribution in [0.15, 0.2) is 48.5 Å². The molecule has 2 atom stereocenters. The van der Waals surface area contributed by atoms with E-state index in [0.717, 1.165) is 5.56 Å². The third-order valence-electron chi connectivity index (χ3n) is 4.70. The molecule has 1 heterocycles. The quantitative estimate of drug-likeness (QED) is 0.746. The molecular formula is C20H18Cl2N2O3. The van der Waals surface area contributed by atoms with Gasteiger partial charge in [-0.15, -0.1) is 0 Å². The van der Waals surface area contributed by atoms with E-state index in [4.69, 9.17) is 23.2 Å². The minimum atomic E-state index is -1.42. The average Bonchev–Trinajstić information content (AvgIpc) is 2.87. The SMILES string of the molecule is CC1(CCc2ccccc2)NC(=O)C(C(=O)Nc2cccc(Cl)c2Cl)C1=O. The van der Waals surface area contributed by atoms with Crippen molar-refractivity contribution in [1.82, 2.24) is 5.32 Å². The summed E-state index contributed by atoms with van der Waals surface area (Å²) in [6.45, 7) is 1.65. The topological polar surface area (TPSA) is 75.3 Å². The van der Waals surface area contributed by atoms with Crippen molar-refractivity contribution in [3.63, 3.8) is 0 Å². The highest BCUT2D eigenvalue weighted by Crippen LogP contribution is 2.31. The van der Waals surface area contributed by atoms with Gasteiger partial charge >= 0.3 is 0 Å². The molecule has 0 aromatic heterocycles. The van der Waals surface area contributed by atoms with Gasteiger partial charge in [0.2, 0.25) is 11.8 Å². The summed E-state index contributed by atoms with van der Waals surface area (Å²) in [4.78, 5) is 37.7. The van der Waals surface area contributed by atoms with Crippen LogP contribution in [0.25, 0.3) is 0 Å². The summed E-state index contributed by atoms with van der Waals surface area (Å²) in [6, 6.07) is 14.4. The van der Waals surface area contributed by atoms with Crippen LogP contribution in [0.2, 0.25) is 10.0 Å². The van der Waals surface area contributed by atoms with Crippen LogP contribution < -0.4 is 10.6 Å². The number of hydrogen-bond donors (Lipinski definition) is 2. The number of halogens is 2. The van der Waals surface area contributed by atoms with Crippen molar-refractivity contribution in [2.45, 2.75) is 25.3 Å². The number of anilines is 1. The van der Waals surface area contributed by atoms with Gasteiger partial charge in [-0.1, -0.05) is 59.6 Å². The lowest BCUT2D eigenvalue weighted by Crippen LogP contribution is -2.44. The zero-order valence-corrected chi connectivity index (χ0v) is 16.1. The van der Waals surface area contributed by atoms with Gasteiger partial charge in [0.05, 0.1) is 21.3 Å². The fraction of sp³-hybridized carbons (Fsp3) is 0.250. The second kappa shape index (κ2) is 7.71. The Hall–Kier alpha value is -2.37. The molecule has 140 valence electrons. The van der Waals surface area contributed by atoms with Crippen molar-refractivity contribution in [1.29, 1.82) is 0 Å². The van der Waals surface area contributed by atoms with E-state index in [2.05, 4.69) is 10.6 Å². The fourth-order valence-corrected chi connectivity index (χ4v) is 3.46. The first kappa shape index (κ1) is 19.4. The molecule has 0 bridgehead atoms. The van der Waals surface area contributed by atoms with E-state index in [1.165, 1.54) is 0 Å². The van der Waals surface area contributed by atoms with Crippen molar-refractivity contribution in [2.24, 2.45) is 5.92 Å². The van der Waals surface area contributed by atoms with Gasteiger partial charge in [-0.05, 0) is 37.5 Å². The Morgan fingerprint density at radius 2 is 1.81 bits per heavy atom. The number of amides is 2. The van der Waals surface area contributed by atoms with Gasteiger partial charge in [0.1, 0.15) is 0 Å². The second-order valence-electron chi connectivity index (χ2n) is 6.69. The Kier molecular flexibility index (Phi) is 5.53. The minimum Gasteiger partial charge on any atom is -0.343 e. The number of benzene rings is 2. The summed E-state index contributed by atoms with van der Waals surface area (Å²) in [7, 11) is 0. The standard InChI is InChI=1S/C20H18Cl2N2O3/c1-20(11-10-12-6-3-2-4-7-12)17(25)15(19(27)24-20)18(26)23-14-9-5-8-13(21)16(14)22/h2-9,15H,10-11H2,1H3,(H,23,26)(H,24,27). The van der Waals surface area contributed by atoms with Crippen LogP contribution in [0, 0.1) is 5.92 Å². The maximum absolute atomic E-state index is 12.8. The highest BCUT2D eigenvalue weighted by Gasteiger charge is 2.52. The van der Waals surface area contributed by atoms with E-state index >= 15 is 0 Å². The van der Waals surface area contributed by atoms with Gasteiger partial charge in [-0.3, -0.25) is 14.4 Å². The molecule has 1 saturated heterocycles. The van der Waals surface area contributed by atoms with Gasteiger partial charge in [-0.25, -0.2) is 0 Å². The van der Waals surface area contributed by atoms with Crippen LogP contribution in [-0.2, 0) is 20.8 Å². The summed E-state index contributed by atoms with van der Waals surface area (Å²) in [6.07, 6.45) is 1.01. The highest BCUT2D eigenvalue weighted by atomic mass is 35.5. The number of Topliss-reactive ketones (excluding diaryl/α,β-unsaturated/α-hetero) is 1. The van der Waals surface area contributed by atoms with E-state index < -0.39 is 29.1 Å². The van der Waals surface area contributed by atoms with Crippen LogP contribution in [-0.4, -0.2) is 23.1 Å². The zero-order valence-electron chi connectivity index (χ0n) is 14.6. The number of aryl methyl sites for hydroxylation is 1. The molecule has 2 N–H and O–H groups in total. The van der Waals surface area contributed by atoms with Crippen LogP contribution in [0.4, 0.5) is 5.69 Å². The molecule has 2 aromatic rings. The monoisotopic (exact) mass is 404 g/mol. The molecule has 0 radical (unpaired) electrons. The Balaban J connectivity index is 1.73. The molecule has 2 amide bonds. The molecule has 1 aliphatic rings. The van der Waals surface area contributed by atoms with Gasteiger partial charge in [-0.2, -0.15) is 0 Å². The maximum Gasteiger partial charge on any atom is 0.244 e. The molecule has 2 unspecified atom stereocenters. The molecule has 7 heteroatoms. The molecular weight excluding hydrogens is 387 g/mol. The summed E-state index contributed by atoms with van der Waals surface area (Å²) in [5.41, 5.74) is 0.222. The van der Waals surface area contributed by atoms with E-state index in [-0.39, 0.29) is 15.7 Å². The third kappa shape index (κ3) is 3.99. The fourth-order valence-electron chi connectivity index (χ4n) is 3.11. The maximum atomic E-state index is 12.8. The molecule has 27 heavy (non-hydrogen) atoms. The molecule has 0 saturated carbocycles. The first-order valence-electron chi connectivity index (χ1n) is 8.47. The number of nitrogens with one attached hydrogen (secondary N) is 2. The third-order valence-corrected chi connectivity index (χ3v) is 5.51. The smallest absolute Gasteiger partial charge is 0.244 e. The van der Waals surface area contributed by atoms with Crippen molar-refractivity contribution in [2.75, 3.05) is 5.32 Å². The number of carbonyl (C=O) groups is 3. The lowest BCUT2D eigenvalue weighted by atomic mass is 9.87. The summed E-state index contributed by atoms with van der Waals surface area (Å²) < 4.78 is 0. The minimum absolute atomic E-state index is 0.158. The van der Waals surface area contributed by atoms with Crippen molar-refractivity contribution in [3.05, 3.63) is 64.1 Å². The van der Waals surface area contributed by atoms with Gasteiger partial charge in [0.25, 0.3) is 0 Å². The predicted octanol–water partition coefficient (Wildman–Crippen LogP) is 3.64. The van der Waals surface area contributed by atoms with Crippen LogP contribution >= 0.6 is 23.2 Å². The Morgan fingerprint density at radius 1 is 1.11 bits per heavy atom. The molecule has 3 rings (SSSR count). The number of carbonyl (C=O) groups excluding carboxylic acids is 3. The van der Waals surface area contributed by atoms with E-state index in [0.29, 0.717) is 12.8 Å². The number of ketones is 1. The largest absolute Gasteiger partial charge is 0.343 e. The number of rotatable bonds is 5. The molecule has 2 aromatic carbocycles. The first-order chi connectivity index (χ1) is 12.8. The number of hydrogen-bond acceptors (Lipinski definition) is 3. The molecule has 0 spiro atoms. The van der Waals surface area contributed by atoms with E-state index in [1.807, 2.05) is 30.3 Å². The summed E-state index contributed by atoms with van der Waals surface area (Å²) in [5, 5.41) is 5.64. The van der Waals surface area contributed by atoms with Gasteiger partial charge in [0, 0.05) is 0 Å². The van der Waals surface area contributed by atoms with Crippen molar-refractivity contribution in [3.8, 4) is 0 Å². The summed E-state index contributed by atoms with van der Waals surface area (Å²) >= 11 is 12.0. The van der Waals surface area contributed by atoms with Crippen molar-refractivity contribution < 1.29 is 14.4 Å². The first-order valence-corrected chi connectivity index (χ1v) is 9.22. The Morgan fingerprint density at radius 3 is 2.52 bits per heavy atom. The Labute approximate surface area is 167 Å². The van der Waals surface area contributed by atoms with E-state index in [9.17, 15) is 14.4 Å². The van der Waals surface area contributed by atoms with Crippen LogP contribution in [0.3, 0.4) is 0 Å². The lowest BCUT2D eigenvalue weighted by molar-refractivity contribution is -0.135. The molecule has 5 nitrogen and oxygen atoms in total. The van der Waals surface area contributed by atoms with Crippen molar-refractivity contribution >= 4 is 46.5 Å². The highest BCUT2D eigenvalue weighted by molar-refractivity contribution is 6.44. The zero-order chi connectivity index (χ0) is 19.6. The molecule has 0 aliphatic carbocycles. The van der Waals surface area contributed by atoms with Gasteiger partial charge in [0.15, 0.2) is 11.7 Å².